The maximum Gasteiger partial charge on any atom is 0.317 e. The molecule has 4 heteroatoms. The van der Waals surface area contributed by atoms with Gasteiger partial charge in [-0.05, 0) is 52.7 Å². The predicted molar refractivity (Wildman–Crippen MR) is 66.5 cm³/mol. The Kier molecular flexibility index (Phi) is 5.06. The predicted octanol–water partition coefficient (Wildman–Crippen LogP) is 1.38. The summed E-state index contributed by atoms with van der Waals surface area (Å²) in [5.74, 6) is 0.642. The molecule has 1 aliphatic rings. The van der Waals surface area contributed by atoms with Crippen molar-refractivity contribution in [2.75, 3.05) is 33.7 Å². The molecule has 1 saturated heterocycles. The van der Waals surface area contributed by atoms with Gasteiger partial charge in [0.15, 0.2) is 0 Å². The van der Waals surface area contributed by atoms with Crippen LogP contribution in [-0.4, -0.2) is 55.6 Å². The summed E-state index contributed by atoms with van der Waals surface area (Å²) in [7, 11) is 4.06. The molecule has 0 aromatic carbocycles. The van der Waals surface area contributed by atoms with Crippen molar-refractivity contribution in [1.29, 1.82) is 0 Å². The van der Waals surface area contributed by atoms with Crippen molar-refractivity contribution in [3.8, 4) is 0 Å². The Morgan fingerprint density at radius 3 is 2.56 bits per heavy atom. The highest BCUT2D eigenvalue weighted by Crippen LogP contribution is 2.22. The third kappa shape index (κ3) is 3.37. The maximum absolute atomic E-state index is 11.7. The van der Waals surface area contributed by atoms with Crippen LogP contribution in [0.15, 0.2) is 0 Å². The minimum Gasteiger partial charge on any atom is -0.338 e. The Morgan fingerprint density at radius 2 is 2.06 bits per heavy atom. The second-order valence-electron chi connectivity index (χ2n) is 4.83. The third-order valence-electron chi connectivity index (χ3n) is 3.70. The van der Waals surface area contributed by atoms with Crippen molar-refractivity contribution >= 4 is 6.03 Å². The molecule has 1 aliphatic heterocycles. The minimum absolute atomic E-state index is 0.0499. The number of urea groups is 1. The molecule has 1 fully saturated rings. The van der Waals surface area contributed by atoms with Crippen LogP contribution >= 0.6 is 0 Å². The van der Waals surface area contributed by atoms with Crippen molar-refractivity contribution in [2.45, 2.75) is 32.7 Å². The normalized spacial score (nSPS) is 20.5. The molecule has 1 unspecified atom stereocenters. The van der Waals surface area contributed by atoms with Crippen LogP contribution in [0.3, 0.4) is 0 Å². The first-order valence-electron chi connectivity index (χ1n) is 6.25. The average molecular weight is 227 g/mol. The van der Waals surface area contributed by atoms with Gasteiger partial charge in [-0.15, -0.1) is 0 Å². The van der Waals surface area contributed by atoms with Gasteiger partial charge in [-0.25, -0.2) is 4.79 Å². The van der Waals surface area contributed by atoms with E-state index in [2.05, 4.69) is 24.2 Å². The van der Waals surface area contributed by atoms with Crippen LogP contribution in [0.2, 0.25) is 0 Å². The van der Waals surface area contributed by atoms with E-state index in [0.29, 0.717) is 18.5 Å². The number of carbonyl (C=O) groups excluding carboxylic acids is 1. The van der Waals surface area contributed by atoms with Crippen LogP contribution in [0, 0.1) is 5.92 Å². The van der Waals surface area contributed by atoms with E-state index in [1.165, 1.54) is 12.8 Å². The molecule has 94 valence electrons. The lowest BCUT2D eigenvalue weighted by atomic mass is 9.90. The molecular formula is C12H25N3O. The van der Waals surface area contributed by atoms with Crippen LogP contribution in [0.25, 0.3) is 0 Å². The molecule has 4 nitrogen and oxygen atoms in total. The smallest absolute Gasteiger partial charge is 0.317 e. The van der Waals surface area contributed by atoms with E-state index in [0.717, 1.165) is 13.1 Å². The summed E-state index contributed by atoms with van der Waals surface area (Å²) in [6.45, 7) is 7.11. The standard InChI is InChI=1S/C12H25N3O/c1-5-13-12(16)15(4)10(2)11-6-8-14(3)9-7-11/h10-11H,5-9H2,1-4H3,(H,13,16). The van der Waals surface area contributed by atoms with E-state index < -0.39 is 0 Å². The molecule has 16 heavy (non-hydrogen) atoms. The van der Waals surface area contributed by atoms with E-state index in [-0.39, 0.29) is 6.03 Å². The van der Waals surface area contributed by atoms with Gasteiger partial charge in [0.2, 0.25) is 0 Å². The Morgan fingerprint density at radius 1 is 1.50 bits per heavy atom. The van der Waals surface area contributed by atoms with Crippen LogP contribution in [0.4, 0.5) is 4.79 Å². The highest BCUT2D eigenvalue weighted by Gasteiger charge is 2.26. The lowest BCUT2D eigenvalue weighted by Crippen LogP contribution is -2.47. The summed E-state index contributed by atoms with van der Waals surface area (Å²) in [6, 6.07) is 0.383. The lowest BCUT2D eigenvalue weighted by Gasteiger charge is -2.37. The Bertz CT molecular complexity index is 224. The quantitative estimate of drug-likeness (QED) is 0.790. The Labute approximate surface area is 99.0 Å². The van der Waals surface area contributed by atoms with E-state index in [9.17, 15) is 4.79 Å². The van der Waals surface area contributed by atoms with Gasteiger partial charge in [-0.2, -0.15) is 0 Å². The molecule has 1 atom stereocenters. The summed E-state index contributed by atoms with van der Waals surface area (Å²) in [5.41, 5.74) is 0. The van der Waals surface area contributed by atoms with Crippen LogP contribution in [-0.2, 0) is 0 Å². The second-order valence-corrected chi connectivity index (χ2v) is 4.83. The van der Waals surface area contributed by atoms with Gasteiger partial charge in [-0.3, -0.25) is 0 Å². The maximum atomic E-state index is 11.7. The molecule has 0 saturated carbocycles. The van der Waals surface area contributed by atoms with Gasteiger partial charge >= 0.3 is 6.03 Å². The molecule has 1 heterocycles. The average Bonchev–Trinajstić information content (AvgIpc) is 2.28. The number of hydrogen-bond donors (Lipinski definition) is 1. The van der Waals surface area contributed by atoms with Crippen molar-refractivity contribution in [3.05, 3.63) is 0 Å². The minimum atomic E-state index is 0.0499. The second kappa shape index (κ2) is 6.09. The number of amides is 2. The summed E-state index contributed by atoms with van der Waals surface area (Å²) < 4.78 is 0. The number of rotatable bonds is 3. The van der Waals surface area contributed by atoms with Crippen molar-refractivity contribution in [3.63, 3.8) is 0 Å². The van der Waals surface area contributed by atoms with Gasteiger partial charge in [0.25, 0.3) is 0 Å². The zero-order chi connectivity index (χ0) is 12.1. The SMILES string of the molecule is CCNC(=O)N(C)C(C)C1CCN(C)CC1. The van der Waals surface area contributed by atoms with Crippen LogP contribution in [0.5, 0.6) is 0 Å². The number of likely N-dealkylation sites (tertiary alicyclic amines) is 1. The zero-order valence-electron chi connectivity index (χ0n) is 11.0. The largest absolute Gasteiger partial charge is 0.338 e. The van der Waals surface area contributed by atoms with Crippen LogP contribution < -0.4 is 5.32 Å². The molecule has 0 aromatic heterocycles. The van der Waals surface area contributed by atoms with Gasteiger partial charge < -0.3 is 15.1 Å². The summed E-state index contributed by atoms with van der Waals surface area (Å²) in [6.07, 6.45) is 2.39. The number of hydrogen-bond acceptors (Lipinski definition) is 2. The fourth-order valence-electron chi connectivity index (χ4n) is 2.29. The first-order chi connectivity index (χ1) is 7.56. The van der Waals surface area contributed by atoms with Crippen molar-refractivity contribution < 1.29 is 4.79 Å². The van der Waals surface area contributed by atoms with E-state index in [4.69, 9.17) is 0 Å². The highest BCUT2D eigenvalue weighted by molar-refractivity contribution is 5.74. The van der Waals surface area contributed by atoms with Gasteiger partial charge in [0.05, 0.1) is 0 Å². The molecule has 0 radical (unpaired) electrons. The summed E-state index contributed by atoms with van der Waals surface area (Å²) in [4.78, 5) is 15.9. The highest BCUT2D eigenvalue weighted by atomic mass is 16.2. The summed E-state index contributed by atoms with van der Waals surface area (Å²) in [5, 5.41) is 2.85. The lowest BCUT2D eigenvalue weighted by molar-refractivity contribution is 0.132. The third-order valence-corrected chi connectivity index (χ3v) is 3.70. The summed E-state index contributed by atoms with van der Waals surface area (Å²) >= 11 is 0. The number of piperidine rings is 1. The molecule has 0 aromatic rings. The molecule has 1 N–H and O–H groups in total. The Hall–Kier alpha value is -0.770. The van der Waals surface area contributed by atoms with Gasteiger partial charge in [0.1, 0.15) is 0 Å². The molecule has 0 bridgehead atoms. The monoisotopic (exact) mass is 227 g/mol. The molecule has 2 amide bonds. The van der Waals surface area contributed by atoms with Crippen molar-refractivity contribution in [1.82, 2.24) is 15.1 Å². The number of carbonyl (C=O) groups is 1. The number of nitrogens with zero attached hydrogens (tertiary/aromatic N) is 2. The zero-order valence-corrected chi connectivity index (χ0v) is 11.0. The molecule has 0 spiro atoms. The van der Waals surface area contributed by atoms with Crippen molar-refractivity contribution in [2.24, 2.45) is 5.92 Å². The number of nitrogens with one attached hydrogen (secondary N) is 1. The first kappa shape index (κ1) is 13.3. The topological polar surface area (TPSA) is 35.6 Å². The van der Waals surface area contributed by atoms with Crippen LogP contribution in [0.1, 0.15) is 26.7 Å². The first-order valence-corrected chi connectivity index (χ1v) is 6.25. The molecule has 1 rings (SSSR count). The van der Waals surface area contributed by atoms with Gasteiger partial charge in [-0.1, -0.05) is 0 Å². The fraction of sp³-hybridized carbons (Fsp3) is 0.917. The molecule has 0 aliphatic carbocycles. The molecular weight excluding hydrogens is 202 g/mol. The Balaban J connectivity index is 2.43. The van der Waals surface area contributed by atoms with Gasteiger partial charge in [0, 0.05) is 19.6 Å². The van der Waals surface area contributed by atoms with E-state index >= 15 is 0 Å². The van der Waals surface area contributed by atoms with E-state index in [1.54, 1.807) is 0 Å². The van der Waals surface area contributed by atoms with E-state index in [1.807, 2.05) is 18.9 Å². The fourth-order valence-corrected chi connectivity index (χ4v) is 2.29.